The molecule has 0 aromatic heterocycles. The Kier molecular flexibility index (Phi) is 7.49. The van der Waals surface area contributed by atoms with Crippen molar-refractivity contribution in [3.8, 4) is 0 Å². The van der Waals surface area contributed by atoms with Crippen molar-refractivity contribution < 1.29 is 28.8 Å². The molecule has 4 heterocycles. The summed E-state index contributed by atoms with van der Waals surface area (Å²) in [5.41, 5.74) is 3.08. The largest absolute Gasteiger partial charge is 0.321 e. The highest BCUT2D eigenvalue weighted by atomic mass is 79.9. The smallest absolute Gasteiger partial charge is 0.259 e. The van der Waals surface area contributed by atoms with E-state index >= 15 is 0 Å². The number of hydrogen-bond donors (Lipinski definition) is 3. The van der Waals surface area contributed by atoms with Crippen molar-refractivity contribution in [1.29, 1.82) is 0 Å². The first-order chi connectivity index (χ1) is 20.7. The van der Waals surface area contributed by atoms with Crippen LogP contribution in [-0.2, 0) is 19.2 Å². The molecule has 4 aliphatic rings. The first-order valence-electron chi connectivity index (χ1n) is 13.7. The summed E-state index contributed by atoms with van der Waals surface area (Å²) in [5.74, 6) is -1.23. The highest BCUT2D eigenvalue weighted by Crippen LogP contribution is 2.39. The Balaban J connectivity index is 0.000000127. The van der Waals surface area contributed by atoms with Crippen molar-refractivity contribution >= 4 is 84.3 Å². The van der Waals surface area contributed by atoms with E-state index in [-0.39, 0.29) is 40.8 Å². The number of hydrogen-bond acceptors (Lipinski definition) is 6. The maximum absolute atomic E-state index is 12.7. The summed E-state index contributed by atoms with van der Waals surface area (Å²) >= 11 is 3.12. The molecule has 8 rings (SSSR count). The minimum atomic E-state index is -0.617. The molecule has 2 saturated heterocycles. The molecule has 0 bridgehead atoms. The molecule has 2 unspecified atom stereocenters. The van der Waals surface area contributed by atoms with Gasteiger partial charge in [-0.3, -0.25) is 44.3 Å². The highest BCUT2D eigenvalue weighted by Gasteiger charge is 2.40. The molecule has 4 aromatic rings. The van der Waals surface area contributed by atoms with Crippen LogP contribution in [0.2, 0.25) is 0 Å². The summed E-state index contributed by atoms with van der Waals surface area (Å²) in [4.78, 5) is 69.9. The van der Waals surface area contributed by atoms with Crippen LogP contribution in [0.5, 0.6) is 0 Å². The molecule has 216 valence electrons. The zero-order valence-corrected chi connectivity index (χ0v) is 24.3. The molecule has 2 fully saturated rings. The van der Waals surface area contributed by atoms with Crippen LogP contribution in [0.25, 0.3) is 21.5 Å². The fourth-order valence-corrected chi connectivity index (χ4v) is 6.01. The highest BCUT2D eigenvalue weighted by molar-refractivity contribution is 9.10. The van der Waals surface area contributed by atoms with Crippen LogP contribution >= 0.6 is 15.9 Å². The molecule has 4 aromatic carbocycles. The molecule has 0 saturated carbocycles. The number of amides is 6. The molecule has 11 heteroatoms. The van der Waals surface area contributed by atoms with Gasteiger partial charge in [0, 0.05) is 40.4 Å². The second-order valence-corrected chi connectivity index (χ2v) is 11.5. The number of rotatable bonds is 1. The summed E-state index contributed by atoms with van der Waals surface area (Å²) in [5, 5.41) is 11.4. The number of alkyl halides is 1. The molecule has 10 nitrogen and oxygen atoms in total. The standard InChI is InChI=1S/C16H12N2O3.C11H7NO.C5H6BrNO2/c19-13-8-7-12(15(20)17-13)18-11-6-2-4-9-3-1-5-10(14(9)11)16(18)21;13-11-8-5-1-3-7-4-2-6-9(12-11)10(7)8;6-3-1-2-4(8)7-5(3)9/h1-6,12H,7-8H2,(H,17,19,20);1-6H,(H,12,13);3H,1-2H2,(H,7,8,9). The van der Waals surface area contributed by atoms with Gasteiger partial charge in [-0.15, -0.1) is 0 Å². The minimum absolute atomic E-state index is 0.00630. The van der Waals surface area contributed by atoms with E-state index in [1.165, 1.54) is 4.90 Å². The zero-order chi connectivity index (χ0) is 30.2. The third kappa shape index (κ3) is 5.27. The molecule has 43 heavy (non-hydrogen) atoms. The monoisotopic (exact) mass is 640 g/mol. The van der Waals surface area contributed by atoms with E-state index in [4.69, 9.17) is 0 Å². The van der Waals surface area contributed by atoms with Gasteiger partial charge in [0.15, 0.2) is 0 Å². The molecule has 2 atom stereocenters. The van der Waals surface area contributed by atoms with Gasteiger partial charge in [0.05, 0.1) is 10.5 Å². The third-order valence-corrected chi connectivity index (χ3v) is 8.56. The molecule has 0 aliphatic carbocycles. The molecular formula is C32H25BrN4O6. The predicted octanol–water partition coefficient (Wildman–Crippen LogP) is 4.20. The number of halogens is 1. The Bertz CT molecular complexity index is 1860. The van der Waals surface area contributed by atoms with Crippen LogP contribution in [0.3, 0.4) is 0 Å². The van der Waals surface area contributed by atoms with Crippen LogP contribution in [0.4, 0.5) is 11.4 Å². The lowest BCUT2D eigenvalue weighted by molar-refractivity contribution is -0.135. The molecule has 0 spiro atoms. The Hall–Kier alpha value is -4.90. The van der Waals surface area contributed by atoms with E-state index in [2.05, 4.69) is 31.9 Å². The number of piperidine rings is 2. The zero-order valence-electron chi connectivity index (χ0n) is 22.7. The normalized spacial score (nSPS) is 20.2. The number of anilines is 2. The van der Waals surface area contributed by atoms with Gasteiger partial charge >= 0.3 is 0 Å². The van der Waals surface area contributed by atoms with Crippen molar-refractivity contribution in [2.45, 2.75) is 36.6 Å². The van der Waals surface area contributed by atoms with Crippen LogP contribution in [0.1, 0.15) is 46.4 Å². The summed E-state index contributed by atoms with van der Waals surface area (Å²) < 4.78 is 0. The molecular weight excluding hydrogens is 616 g/mol. The average Bonchev–Trinajstić information content (AvgIpc) is 3.48. The topological polar surface area (TPSA) is 142 Å². The fraction of sp³-hybridized carbons (Fsp3) is 0.188. The lowest BCUT2D eigenvalue weighted by Crippen LogP contribution is -2.53. The molecule has 0 radical (unpaired) electrons. The fourth-order valence-electron chi connectivity index (χ4n) is 5.67. The van der Waals surface area contributed by atoms with Crippen LogP contribution in [0.15, 0.2) is 72.8 Å². The number of carbonyl (C=O) groups is 6. The first-order valence-corrected chi connectivity index (χ1v) is 14.6. The van der Waals surface area contributed by atoms with Gasteiger partial charge in [-0.25, -0.2) is 0 Å². The van der Waals surface area contributed by atoms with Gasteiger partial charge < -0.3 is 5.32 Å². The number of carbonyl (C=O) groups excluding carboxylic acids is 6. The SMILES string of the molecule is O=C1CCC(Br)C(=O)N1.O=C1CCC(N2C(=O)c3cccc4cccc2c34)C(=O)N1.O=C1Nc2cccc3cccc1c23. The van der Waals surface area contributed by atoms with Gasteiger partial charge in [-0.1, -0.05) is 64.5 Å². The summed E-state index contributed by atoms with van der Waals surface area (Å²) in [6.07, 6.45) is 1.68. The number of nitrogens with zero attached hydrogens (tertiary/aromatic N) is 1. The van der Waals surface area contributed by atoms with E-state index in [0.717, 1.165) is 38.5 Å². The van der Waals surface area contributed by atoms with Crippen LogP contribution in [-0.4, -0.2) is 46.3 Å². The van der Waals surface area contributed by atoms with Gasteiger partial charge in [-0.05, 0) is 47.9 Å². The maximum Gasteiger partial charge on any atom is 0.259 e. The lowest BCUT2D eigenvalue weighted by atomic mass is 10.0. The van der Waals surface area contributed by atoms with E-state index in [9.17, 15) is 28.8 Å². The number of imide groups is 2. The van der Waals surface area contributed by atoms with Gasteiger partial charge in [0.2, 0.25) is 23.6 Å². The van der Waals surface area contributed by atoms with Gasteiger partial charge in [0.25, 0.3) is 11.8 Å². The number of nitrogens with one attached hydrogen (secondary N) is 3. The van der Waals surface area contributed by atoms with Crippen LogP contribution in [0, 0.1) is 0 Å². The third-order valence-electron chi connectivity index (χ3n) is 7.68. The molecule has 4 aliphatic heterocycles. The molecule has 6 amide bonds. The number of benzene rings is 4. The van der Waals surface area contributed by atoms with E-state index in [1.54, 1.807) is 6.07 Å². The van der Waals surface area contributed by atoms with E-state index in [0.29, 0.717) is 24.8 Å². The first kappa shape index (κ1) is 28.2. The van der Waals surface area contributed by atoms with Crippen molar-refractivity contribution in [2.24, 2.45) is 0 Å². The Morgan fingerprint density at radius 2 is 1.21 bits per heavy atom. The Morgan fingerprint density at radius 1 is 0.628 bits per heavy atom. The van der Waals surface area contributed by atoms with Crippen molar-refractivity contribution in [3.63, 3.8) is 0 Å². The molecule has 3 N–H and O–H groups in total. The Labute approximate surface area is 253 Å². The summed E-state index contributed by atoms with van der Waals surface area (Å²) in [6, 6.07) is 22.3. The maximum atomic E-state index is 12.7. The Morgan fingerprint density at radius 3 is 1.86 bits per heavy atom. The van der Waals surface area contributed by atoms with Gasteiger partial charge in [0.1, 0.15) is 6.04 Å². The second-order valence-electron chi connectivity index (χ2n) is 10.4. The predicted molar refractivity (Wildman–Crippen MR) is 164 cm³/mol. The van der Waals surface area contributed by atoms with E-state index in [1.807, 2.05) is 66.7 Å². The minimum Gasteiger partial charge on any atom is -0.321 e. The van der Waals surface area contributed by atoms with Crippen LogP contribution < -0.4 is 20.9 Å². The average molecular weight is 641 g/mol. The van der Waals surface area contributed by atoms with Gasteiger partial charge in [-0.2, -0.15) is 0 Å². The lowest BCUT2D eigenvalue weighted by Gasteiger charge is -2.30. The van der Waals surface area contributed by atoms with Crippen molar-refractivity contribution in [2.75, 3.05) is 10.2 Å². The van der Waals surface area contributed by atoms with Crippen molar-refractivity contribution in [3.05, 3.63) is 83.9 Å². The van der Waals surface area contributed by atoms with Crippen molar-refractivity contribution in [1.82, 2.24) is 10.6 Å². The van der Waals surface area contributed by atoms with E-state index < -0.39 is 11.9 Å². The summed E-state index contributed by atoms with van der Waals surface area (Å²) in [6.45, 7) is 0. The quantitative estimate of drug-likeness (QED) is 0.210. The second kappa shape index (κ2) is 11.4. The summed E-state index contributed by atoms with van der Waals surface area (Å²) in [7, 11) is 0.